The molecule has 0 saturated carbocycles. The number of ether oxygens (including phenoxy) is 1. The summed E-state index contributed by atoms with van der Waals surface area (Å²) < 4.78 is 32.5. The molecular formula is C18H30ClIN4O3S. The normalized spacial score (nSPS) is 17.7. The fourth-order valence-electron chi connectivity index (χ4n) is 2.93. The maximum absolute atomic E-state index is 12.2. The first-order valence-corrected chi connectivity index (χ1v) is 11.2. The lowest BCUT2D eigenvalue weighted by atomic mass is 10.1. The predicted octanol–water partition coefficient (Wildman–Crippen LogP) is 2.45. The summed E-state index contributed by atoms with van der Waals surface area (Å²) in [5, 5.41) is 3.77. The summed E-state index contributed by atoms with van der Waals surface area (Å²) in [6, 6.07) is 7.61. The summed E-state index contributed by atoms with van der Waals surface area (Å²) in [4.78, 5) is 6.13. The second kappa shape index (κ2) is 12.8. The largest absolute Gasteiger partial charge is 0.377 e. The molecule has 10 heteroatoms. The number of sulfonamides is 1. The highest BCUT2D eigenvalue weighted by Gasteiger charge is 2.18. The van der Waals surface area contributed by atoms with Gasteiger partial charge in [0.25, 0.3) is 0 Å². The van der Waals surface area contributed by atoms with Gasteiger partial charge in [0.1, 0.15) is 0 Å². The number of guanidine groups is 1. The first-order chi connectivity index (χ1) is 12.9. The number of aliphatic imine (C=N–C) groups is 1. The van der Waals surface area contributed by atoms with Crippen LogP contribution in [0, 0.1) is 0 Å². The quantitative estimate of drug-likeness (QED) is 0.298. The van der Waals surface area contributed by atoms with E-state index in [1.807, 2.05) is 36.2 Å². The standard InChI is InChI=1S/C18H29ClN4O3S.HI/c1-20-18(23(2)14-15-6-5-7-16(19)12-15)21-9-11-27(24,25)22-13-17-8-3-4-10-26-17;/h5-7,12,17,22H,3-4,8-11,13-14H2,1-2H3,(H,20,21);1H. The molecule has 2 rings (SSSR count). The summed E-state index contributed by atoms with van der Waals surface area (Å²) in [6.07, 6.45) is 3.03. The number of nitrogens with one attached hydrogen (secondary N) is 2. The van der Waals surface area contributed by atoms with E-state index in [1.54, 1.807) is 7.05 Å². The molecule has 1 aromatic rings. The van der Waals surface area contributed by atoms with Gasteiger partial charge in [0.05, 0.1) is 11.9 Å². The van der Waals surface area contributed by atoms with Gasteiger partial charge in [-0.15, -0.1) is 24.0 Å². The zero-order valence-electron chi connectivity index (χ0n) is 16.4. The van der Waals surface area contributed by atoms with Crippen LogP contribution in [-0.2, 0) is 21.3 Å². The highest BCUT2D eigenvalue weighted by Crippen LogP contribution is 2.13. The van der Waals surface area contributed by atoms with E-state index < -0.39 is 10.0 Å². The fourth-order valence-corrected chi connectivity index (χ4v) is 4.09. The molecule has 1 atom stereocenters. The number of benzene rings is 1. The summed E-state index contributed by atoms with van der Waals surface area (Å²) in [7, 11) is 0.204. The Bertz CT molecular complexity index is 727. The fraction of sp³-hybridized carbons (Fsp3) is 0.611. The second-order valence-electron chi connectivity index (χ2n) is 6.62. The van der Waals surface area contributed by atoms with Crippen LogP contribution >= 0.6 is 35.6 Å². The molecule has 1 aromatic carbocycles. The average molecular weight is 545 g/mol. The van der Waals surface area contributed by atoms with Crippen molar-refractivity contribution < 1.29 is 13.2 Å². The molecule has 0 aromatic heterocycles. The molecule has 2 N–H and O–H groups in total. The topological polar surface area (TPSA) is 83.0 Å². The first-order valence-electron chi connectivity index (χ1n) is 9.15. The van der Waals surface area contributed by atoms with Crippen LogP contribution in [0.4, 0.5) is 0 Å². The second-order valence-corrected chi connectivity index (χ2v) is 8.98. The van der Waals surface area contributed by atoms with E-state index in [2.05, 4.69) is 15.0 Å². The first kappa shape index (κ1) is 25.4. The van der Waals surface area contributed by atoms with Crippen LogP contribution in [0.25, 0.3) is 0 Å². The zero-order chi connectivity index (χ0) is 19.7. The Morgan fingerprint density at radius 1 is 1.39 bits per heavy atom. The average Bonchev–Trinajstić information content (AvgIpc) is 2.64. The number of nitrogens with zero attached hydrogens (tertiary/aromatic N) is 2. The van der Waals surface area contributed by atoms with Crippen molar-refractivity contribution in [3.05, 3.63) is 34.9 Å². The van der Waals surface area contributed by atoms with Gasteiger partial charge in [-0.25, -0.2) is 13.1 Å². The Hall–Kier alpha value is -0.620. The molecule has 160 valence electrons. The Morgan fingerprint density at radius 2 is 2.18 bits per heavy atom. The monoisotopic (exact) mass is 544 g/mol. The van der Waals surface area contributed by atoms with Gasteiger partial charge in [0, 0.05) is 45.4 Å². The van der Waals surface area contributed by atoms with Gasteiger partial charge >= 0.3 is 0 Å². The van der Waals surface area contributed by atoms with Crippen molar-refractivity contribution in [1.29, 1.82) is 0 Å². The summed E-state index contributed by atoms with van der Waals surface area (Å²) >= 11 is 6.01. The third-order valence-electron chi connectivity index (χ3n) is 4.34. The number of hydrogen-bond donors (Lipinski definition) is 2. The van der Waals surface area contributed by atoms with E-state index in [-0.39, 0.29) is 42.4 Å². The highest BCUT2D eigenvalue weighted by molar-refractivity contribution is 14.0. The zero-order valence-corrected chi connectivity index (χ0v) is 20.3. The van der Waals surface area contributed by atoms with Crippen LogP contribution in [0.2, 0.25) is 5.02 Å². The maximum Gasteiger partial charge on any atom is 0.213 e. The molecule has 1 heterocycles. The summed E-state index contributed by atoms with van der Waals surface area (Å²) in [5.74, 6) is 0.602. The summed E-state index contributed by atoms with van der Waals surface area (Å²) in [6.45, 7) is 1.94. The molecule has 1 saturated heterocycles. The molecule has 0 radical (unpaired) electrons. The number of halogens is 2. The molecule has 1 aliphatic heterocycles. The van der Waals surface area contributed by atoms with Crippen LogP contribution in [0.3, 0.4) is 0 Å². The minimum absolute atomic E-state index is 0. The van der Waals surface area contributed by atoms with Crippen molar-refractivity contribution in [2.24, 2.45) is 4.99 Å². The maximum atomic E-state index is 12.2. The van der Waals surface area contributed by atoms with Crippen LogP contribution in [0.1, 0.15) is 24.8 Å². The lowest BCUT2D eigenvalue weighted by molar-refractivity contribution is 0.0200. The number of rotatable bonds is 8. The Morgan fingerprint density at radius 3 is 2.82 bits per heavy atom. The van der Waals surface area contributed by atoms with Crippen molar-refractivity contribution in [1.82, 2.24) is 14.9 Å². The predicted molar refractivity (Wildman–Crippen MR) is 125 cm³/mol. The van der Waals surface area contributed by atoms with E-state index in [9.17, 15) is 8.42 Å². The molecule has 0 bridgehead atoms. The Balaban J connectivity index is 0.00000392. The van der Waals surface area contributed by atoms with Crippen LogP contribution in [0.15, 0.2) is 29.3 Å². The van der Waals surface area contributed by atoms with E-state index in [4.69, 9.17) is 16.3 Å². The van der Waals surface area contributed by atoms with Crippen molar-refractivity contribution in [3.8, 4) is 0 Å². The Labute approximate surface area is 190 Å². The van der Waals surface area contributed by atoms with Gasteiger partial charge in [-0.05, 0) is 37.0 Å². The van der Waals surface area contributed by atoms with Crippen molar-refractivity contribution in [3.63, 3.8) is 0 Å². The third-order valence-corrected chi connectivity index (χ3v) is 5.92. The third kappa shape index (κ3) is 9.25. The van der Waals surface area contributed by atoms with Crippen LogP contribution < -0.4 is 10.0 Å². The molecule has 0 amide bonds. The van der Waals surface area contributed by atoms with E-state index >= 15 is 0 Å². The molecule has 0 spiro atoms. The van der Waals surface area contributed by atoms with E-state index in [0.29, 0.717) is 30.7 Å². The van der Waals surface area contributed by atoms with E-state index in [1.165, 1.54) is 0 Å². The highest BCUT2D eigenvalue weighted by atomic mass is 127. The minimum atomic E-state index is -3.36. The smallest absolute Gasteiger partial charge is 0.213 e. The molecule has 0 aliphatic carbocycles. The lowest BCUT2D eigenvalue weighted by Gasteiger charge is -2.23. The Kier molecular flexibility index (Phi) is 11.7. The van der Waals surface area contributed by atoms with Crippen LogP contribution in [-0.4, -0.2) is 64.9 Å². The van der Waals surface area contributed by atoms with Crippen molar-refractivity contribution in [2.75, 3.05) is 39.5 Å². The van der Waals surface area contributed by atoms with Gasteiger partial charge in [0.2, 0.25) is 10.0 Å². The molecule has 1 aliphatic rings. The summed E-state index contributed by atoms with van der Waals surface area (Å²) in [5.41, 5.74) is 1.05. The molecule has 7 nitrogen and oxygen atoms in total. The van der Waals surface area contributed by atoms with E-state index in [0.717, 1.165) is 24.8 Å². The van der Waals surface area contributed by atoms with Gasteiger partial charge in [0.15, 0.2) is 5.96 Å². The molecular weight excluding hydrogens is 515 g/mol. The van der Waals surface area contributed by atoms with Crippen LogP contribution in [0.5, 0.6) is 0 Å². The van der Waals surface area contributed by atoms with Gasteiger partial charge < -0.3 is 15.0 Å². The van der Waals surface area contributed by atoms with Crippen molar-refractivity contribution in [2.45, 2.75) is 31.9 Å². The lowest BCUT2D eigenvalue weighted by Crippen LogP contribution is -2.43. The van der Waals surface area contributed by atoms with Gasteiger partial charge in [-0.1, -0.05) is 23.7 Å². The minimum Gasteiger partial charge on any atom is -0.377 e. The van der Waals surface area contributed by atoms with Gasteiger partial charge in [-0.3, -0.25) is 4.99 Å². The number of hydrogen-bond acceptors (Lipinski definition) is 4. The molecule has 1 unspecified atom stereocenters. The van der Waals surface area contributed by atoms with Crippen molar-refractivity contribution >= 4 is 51.6 Å². The molecule has 28 heavy (non-hydrogen) atoms. The molecule has 1 fully saturated rings. The SMILES string of the molecule is CN=C(NCCS(=O)(=O)NCC1CCCCO1)N(C)Cc1cccc(Cl)c1.I. The van der Waals surface area contributed by atoms with Gasteiger partial charge in [-0.2, -0.15) is 0 Å².